The van der Waals surface area contributed by atoms with E-state index in [9.17, 15) is 9.59 Å². The van der Waals surface area contributed by atoms with Crippen molar-refractivity contribution in [3.63, 3.8) is 0 Å². The highest BCUT2D eigenvalue weighted by Crippen LogP contribution is 2.26. The number of morpholine rings is 1. The lowest BCUT2D eigenvalue weighted by Crippen LogP contribution is -2.54. The van der Waals surface area contributed by atoms with Gasteiger partial charge in [0, 0.05) is 19.1 Å². The summed E-state index contributed by atoms with van der Waals surface area (Å²) in [7, 11) is 0. The third-order valence-corrected chi connectivity index (χ3v) is 3.85. The van der Waals surface area contributed by atoms with Crippen LogP contribution in [0.15, 0.2) is 0 Å². The van der Waals surface area contributed by atoms with Crippen molar-refractivity contribution in [2.24, 2.45) is 5.92 Å². The predicted molar refractivity (Wildman–Crippen MR) is 68.9 cm³/mol. The van der Waals surface area contributed by atoms with Gasteiger partial charge >= 0.3 is 12.0 Å². The van der Waals surface area contributed by atoms with Crippen LogP contribution < -0.4 is 5.32 Å². The summed E-state index contributed by atoms with van der Waals surface area (Å²) in [4.78, 5) is 25.0. The summed E-state index contributed by atoms with van der Waals surface area (Å²) in [5.41, 5.74) is 0. The number of carboxylic acids is 1. The summed E-state index contributed by atoms with van der Waals surface area (Å²) in [5.74, 6) is -1.26. The average Bonchev–Trinajstić information content (AvgIpc) is 2.75. The van der Waals surface area contributed by atoms with Crippen LogP contribution in [-0.4, -0.2) is 53.3 Å². The standard InChI is InChI=1S/C13H22N2O4/c1-8-6-15(7-9(2)19-8)13(18)14-11-5-3-4-10(11)12(16)17/h8-11H,3-7H2,1-2H3,(H,14,18)(H,16,17)/t8-,9+,10?,11?. The predicted octanol–water partition coefficient (Wildman–Crippen LogP) is 1.06. The molecule has 2 aliphatic rings. The number of amides is 2. The van der Waals surface area contributed by atoms with Crippen molar-refractivity contribution >= 4 is 12.0 Å². The Morgan fingerprint density at radius 3 is 2.42 bits per heavy atom. The van der Waals surface area contributed by atoms with Crippen LogP contribution in [0, 0.1) is 5.92 Å². The molecule has 2 fully saturated rings. The summed E-state index contributed by atoms with van der Waals surface area (Å²) >= 11 is 0. The first-order valence-corrected chi connectivity index (χ1v) is 6.91. The topological polar surface area (TPSA) is 78.9 Å². The molecule has 1 saturated carbocycles. The first-order valence-electron chi connectivity index (χ1n) is 6.91. The number of nitrogens with one attached hydrogen (secondary N) is 1. The molecule has 0 aromatic heterocycles. The van der Waals surface area contributed by atoms with Crippen LogP contribution in [-0.2, 0) is 9.53 Å². The minimum absolute atomic E-state index is 0.0216. The zero-order valence-corrected chi connectivity index (χ0v) is 11.5. The number of carbonyl (C=O) groups excluding carboxylic acids is 1. The van der Waals surface area contributed by atoms with Crippen molar-refractivity contribution in [1.82, 2.24) is 10.2 Å². The first-order chi connectivity index (χ1) is 8.97. The molecular formula is C13H22N2O4. The van der Waals surface area contributed by atoms with Gasteiger partial charge in [-0.15, -0.1) is 0 Å². The molecule has 1 aliphatic carbocycles. The van der Waals surface area contributed by atoms with Gasteiger partial charge in [0.05, 0.1) is 18.1 Å². The van der Waals surface area contributed by atoms with E-state index in [1.807, 2.05) is 13.8 Å². The molecule has 2 amide bonds. The zero-order chi connectivity index (χ0) is 14.0. The fourth-order valence-electron chi connectivity index (χ4n) is 3.02. The smallest absolute Gasteiger partial charge is 0.317 e. The molecule has 2 rings (SSSR count). The van der Waals surface area contributed by atoms with Crippen LogP contribution in [0.4, 0.5) is 4.79 Å². The van der Waals surface area contributed by atoms with Gasteiger partial charge in [0.2, 0.25) is 0 Å². The maximum Gasteiger partial charge on any atom is 0.317 e. The van der Waals surface area contributed by atoms with Gasteiger partial charge in [-0.2, -0.15) is 0 Å². The Labute approximate surface area is 113 Å². The Morgan fingerprint density at radius 1 is 1.21 bits per heavy atom. The normalized spacial score (nSPS) is 35.2. The highest BCUT2D eigenvalue weighted by Gasteiger charge is 2.35. The van der Waals surface area contributed by atoms with E-state index in [0.29, 0.717) is 19.5 Å². The highest BCUT2D eigenvalue weighted by molar-refractivity contribution is 5.77. The van der Waals surface area contributed by atoms with Gasteiger partial charge in [-0.1, -0.05) is 6.42 Å². The van der Waals surface area contributed by atoms with E-state index < -0.39 is 11.9 Å². The van der Waals surface area contributed by atoms with Gasteiger partial charge in [-0.05, 0) is 26.7 Å². The molecule has 0 radical (unpaired) electrons. The first kappa shape index (κ1) is 14.1. The monoisotopic (exact) mass is 270 g/mol. The molecule has 108 valence electrons. The molecule has 6 heteroatoms. The number of carbonyl (C=O) groups is 2. The Balaban J connectivity index is 1.91. The van der Waals surface area contributed by atoms with Crippen molar-refractivity contribution in [2.45, 2.75) is 51.4 Å². The minimum Gasteiger partial charge on any atom is -0.481 e. The molecule has 2 N–H and O–H groups in total. The molecule has 1 heterocycles. The van der Waals surface area contributed by atoms with Crippen molar-refractivity contribution in [3.8, 4) is 0 Å². The highest BCUT2D eigenvalue weighted by atomic mass is 16.5. The van der Waals surface area contributed by atoms with Gasteiger partial charge in [0.1, 0.15) is 0 Å². The summed E-state index contributed by atoms with van der Waals surface area (Å²) in [5, 5.41) is 12.0. The molecule has 19 heavy (non-hydrogen) atoms. The molecule has 0 spiro atoms. The maximum absolute atomic E-state index is 12.2. The van der Waals surface area contributed by atoms with Crippen LogP contribution in [0.1, 0.15) is 33.1 Å². The largest absolute Gasteiger partial charge is 0.481 e. The number of aliphatic carboxylic acids is 1. The van der Waals surface area contributed by atoms with Crippen LogP contribution in [0.25, 0.3) is 0 Å². The Morgan fingerprint density at radius 2 is 1.84 bits per heavy atom. The SMILES string of the molecule is C[C@@H]1CN(C(=O)NC2CCCC2C(=O)O)C[C@H](C)O1. The van der Waals surface area contributed by atoms with Crippen molar-refractivity contribution in [1.29, 1.82) is 0 Å². The summed E-state index contributed by atoms with van der Waals surface area (Å²) in [6, 6.07) is -0.404. The van der Waals surface area contributed by atoms with E-state index >= 15 is 0 Å². The number of nitrogens with zero attached hydrogens (tertiary/aromatic N) is 1. The number of hydrogen-bond donors (Lipinski definition) is 2. The lowest BCUT2D eigenvalue weighted by atomic mass is 10.0. The molecule has 0 bridgehead atoms. The van der Waals surface area contributed by atoms with Crippen molar-refractivity contribution < 1.29 is 19.4 Å². The number of ether oxygens (including phenoxy) is 1. The summed E-state index contributed by atoms with van der Waals surface area (Å²) in [6.45, 7) is 4.98. The van der Waals surface area contributed by atoms with E-state index in [-0.39, 0.29) is 24.3 Å². The molecular weight excluding hydrogens is 248 g/mol. The van der Waals surface area contributed by atoms with Gasteiger partial charge in [0.15, 0.2) is 0 Å². The molecule has 6 nitrogen and oxygen atoms in total. The van der Waals surface area contributed by atoms with E-state index in [2.05, 4.69) is 5.32 Å². The van der Waals surface area contributed by atoms with Crippen LogP contribution in [0.3, 0.4) is 0 Å². The van der Waals surface area contributed by atoms with Crippen molar-refractivity contribution in [2.75, 3.05) is 13.1 Å². The number of hydrogen-bond acceptors (Lipinski definition) is 3. The van der Waals surface area contributed by atoms with Gasteiger partial charge in [0.25, 0.3) is 0 Å². The second kappa shape index (κ2) is 5.77. The Kier molecular flexibility index (Phi) is 4.29. The minimum atomic E-state index is -0.813. The van der Waals surface area contributed by atoms with E-state index in [1.165, 1.54) is 0 Å². The van der Waals surface area contributed by atoms with Crippen LogP contribution >= 0.6 is 0 Å². The molecule has 2 unspecified atom stereocenters. The van der Waals surface area contributed by atoms with Gasteiger partial charge in [-0.25, -0.2) is 4.79 Å². The van der Waals surface area contributed by atoms with Gasteiger partial charge in [-0.3, -0.25) is 4.79 Å². The average molecular weight is 270 g/mol. The summed E-state index contributed by atoms with van der Waals surface area (Å²) in [6.07, 6.45) is 2.30. The molecule has 1 saturated heterocycles. The molecule has 1 aliphatic heterocycles. The fourth-order valence-corrected chi connectivity index (χ4v) is 3.02. The molecule has 0 aromatic carbocycles. The zero-order valence-electron chi connectivity index (χ0n) is 11.5. The van der Waals surface area contributed by atoms with E-state index in [1.54, 1.807) is 4.90 Å². The van der Waals surface area contributed by atoms with E-state index in [0.717, 1.165) is 12.8 Å². The Hall–Kier alpha value is -1.30. The second-order valence-electron chi connectivity index (χ2n) is 5.59. The third-order valence-electron chi connectivity index (χ3n) is 3.85. The number of urea groups is 1. The lowest BCUT2D eigenvalue weighted by molar-refractivity contribution is -0.142. The van der Waals surface area contributed by atoms with Gasteiger partial charge < -0.3 is 20.1 Å². The third kappa shape index (κ3) is 3.37. The fraction of sp³-hybridized carbons (Fsp3) is 0.846. The van der Waals surface area contributed by atoms with Crippen LogP contribution in [0.2, 0.25) is 0 Å². The quantitative estimate of drug-likeness (QED) is 0.786. The lowest BCUT2D eigenvalue weighted by Gasteiger charge is -2.36. The van der Waals surface area contributed by atoms with Crippen LogP contribution in [0.5, 0.6) is 0 Å². The second-order valence-corrected chi connectivity index (χ2v) is 5.59. The molecule has 4 atom stereocenters. The maximum atomic E-state index is 12.2. The van der Waals surface area contributed by atoms with Crippen molar-refractivity contribution in [3.05, 3.63) is 0 Å². The molecule has 0 aromatic rings. The summed E-state index contributed by atoms with van der Waals surface area (Å²) < 4.78 is 5.58. The van der Waals surface area contributed by atoms with E-state index in [4.69, 9.17) is 9.84 Å². The Bertz CT molecular complexity index is 351. The number of rotatable bonds is 2. The number of carboxylic acid groups (broad SMARTS) is 1.